The molecule has 1 aromatic carbocycles. The van der Waals surface area contributed by atoms with Crippen LogP contribution in [0.1, 0.15) is 21.1 Å². The first-order chi connectivity index (χ1) is 12.6. The van der Waals surface area contributed by atoms with Gasteiger partial charge in [-0.25, -0.2) is 4.98 Å². The van der Waals surface area contributed by atoms with Crippen molar-refractivity contribution in [1.29, 1.82) is 0 Å². The molecule has 1 aromatic heterocycles. The minimum absolute atomic E-state index is 0.0538. The number of hydrogen-bond donors (Lipinski definition) is 2. The summed E-state index contributed by atoms with van der Waals surface area (Å²) < 4.78 is 5.43. The van der Waals surface area contributed by atoms with Gasteiger partial charge in [-0.1, -0.05) is 18.7 Å². The lowest BCUT2D eigenvalue weighted by atomic mass is 10.1. The van der Waals surface area contributed by atoms with Gasteiger partial charge >= 0.3 is 0 Å². The molecule has 2 aromatic rings. The Hall–Kier alpha value is -2.51. The molecule has 1 aliphatic rings. The third-order valence-electron chi connectivity index (χ3n) is 3.94. The number of rotatable bonds is 7. The van der Waals surface area contributed by atoms with E-state index in [1.54, 1.807) is 23.5 Å². The Morgan fingerprint density at radius 3 is 3.08 bits per heavy atom. The third kappa shape index (κ3) is 5.00. The van der Waals surface area contributed by atoms with Crippen molar-refractivity contribution < 1.29 is 14.3 Å². The summed E-state index contributed by atoms with van der Waals surface area (Å²) in [6.45, 7) is 5.36. The number of carbonyl (C=O) groups excluding carboxylic acids is 2. The highest BCUT2D eigenvalue weighted by atomic mass is 32.1. The number of amides is 2. The molecule has 0 aliphatic carbocycles. The van der Waals surface area contributed by atoms with Crippen LogP contribution in [0.2, 0.25) is 0 Å². The standard InChI is InChI=1S/C19H21N3O3S/c1-2-17(23)21-14-5-3-4-13(10-14)11-18(24)20-8-6-19-22-15-7-9-25-12-16(15)26-19/h2-5,10H,1,6-9,11-12H2,(H,20,24)(H,21,23). The topological polar surface area (TPSA) is 80.3 Å². The van der Waals surface area contributed by atoms with Gasteiger partial charge in [-0.2, -0.15) is 0 Å². The maximum absolute atomic E-state index is 12.1. The molecule has 3 rings (SSSR count). The largest absolute Gasteiger partial charge is 0.375 e. The number of ether oxygens (including phenoxy) is 1. The second-order valence-electron chi connectivity index (χ2n) is 5.95. The number of nitrogens with one attached hydrogen (secondary N) is 2. The van der Waals surface area contributed by atoms with E-state index in [0.717, 1.165) is 35.7 Å². The average molecular weight is 371 g/mol. The van der Waals surface area contributed by atoms with Gasteiger partial charge in [0.1, 0.15) is 0 Å². The summed E-state index contributed by atoms with van der Waals surface area (Å²) in [5, 5.41) is 6.65. The van der Waals surface area contributed by atoms with Gasteiger partial charge in [0.05, 0.1) is 35.2 Å². The van der Waals surface area contributed by atoms with Crippen LogP contribution in [0.4, 0.5) is 5.69 Å². The van der Waals surface area contributed by atoms with Gasteiger partial charge in [-0.15, -0.1) is 11.3 Å². The number of carbonyl (C=O) groups is 2. The van der Waals surface area contributed by atoms with Crippen LogP contribution in [0.3, 0.4) is 0 Å². The minimum atomic E-state index is -0.275. The predicted octanol–water partition coefficient (Wildman–Crippen LogP) is 2.24. The first-order valence-corrected chi connectivity index (χ1v) is 9.30. The third-order valence-corrected chi connectivity index (χ3v) is 5.08. The summed E-state index contributed by atoms with van der Waals surface area (Å²) >= 11 is 1.67. The number of hydrogen-bond acceptors (Lipinski definition) is 5. The summed E-state index contributed by atoms with van der Waals surface area (Å²) in [7, 11) is 0. The van der Waals surface area contributed by atoms with Gasteiger partial charge in [0.15, 0.2) is 0 Å². The fraction of sp³-hybridized carbons (Fsp3) is 0.316. The van der Waals surface area contributed by atoms with Crippen molar-refractivity contribution in [1.82, 2.24) is 10.3 Å². The fourth-order valence-electron chi connectivity index (χ4n) is 2.69. The molecule has 2 N–H and O–H groups in total. The molecule has 0 saturated carbocycles. The number of aromatic nitrogens is 1. The Balaban J connectivity index is 1.46. The van der Waals surface area contributed by atoms with Crippen molar-refractivity contribution in [2.24, 2.45) is 0 Å². The highest BCUT2D eigenvalue weighted by molar-refractivity contribution is 7.11. The Morgan fingerprint density at radius 1 is 1.38 bits per heavy atom. The van der Waals surface area contributed by atoms with Crippen LogP contribution in [-0.4, -0.2) is 29.9 Å². The Bertz CT molecular complexity index is 793. The van der Waals surface area contributed by atoms with Crippen LogP contribution in [-0.2, 0) is 40.2 Å². The first kappa shape index (κ1) is 18.3. The van der Waals surface area contributed by atoms with Crippen molar-refractivity contribution in [2.45, 2.75) is 25.9 Å². The van der Waals surface area contributed by atoms with Gasteiger partial charge < -0.3 is 15.4 Å². The molecule has 7 heteroatoms. The lowest BCUT2D eigenvalue weighted by Crippen LogP contribution is -2.27. The van der Waals surface area contributed by atoms with Crippen LogP contribution >= 0.6 is 11.3 Å². The fourth-order valence-corrected chi connectivity index (χ4v) is 3.75. The molecule has 2 amide bonds. The second-order valence-corrected chi connectivity index (χ2v) is 7.12. The van der Waals surface area contributed by atoms with Crippen LogP contribution < -0.4 is 10.6 Å². The van der Waals surface area contributed by atoms with Crippen LogP contribution in [0.25, 0.3) is 0 Å². The molecule has 0 atom stereocenters. The molecule has 0 fully saturated rings. The zero-order valence-corrected chi connectivity index (χ0v) is 15.2. The number of fused-ring (bicyclic) bond motifs is 1. The van der Waals surface area contributed by atoms with Crippen molar-refractivity contribution in [3.8, 4) is 0 Å². The summed E-state index contributed by atoms with van der Waals surface area (Å²) in [5.74, 6) is -0.329. The quantitative estimate of drug-likeness (QED) is 0.732. The summed E-state index contributed by atoms with van der Waals surface area (Å²) in [4.78, 5) is 29.3. The van der Waals surface area contributed by atoms with E-state index in [-0.39, 0.29) is 18.2 Å². The summed E-state index contributed by atoms with van der Waals surface area (Å²) in [5.41, 5.74) is 2.63. The Morgan fingerprint density at radius 2 is 2.27 bits per heavy atom. The minimum Gasteiger partial charge on any atom is -0.375 e. The van der Waals surface area contributed by atoms with Crippen LogP contribution in [0.15, 0.2) is 36.9 Å². The maximum atomic E-state index is 12.1. The van der Waals surface area contributed by atoms with Crippen LogP contribution in [0, 0.1) is 0 Å². The van der Waals surface area contributed by atoms with E-state index < -0.39 is 0 Å². The lowest BCUT2D eigenvalue weighted by Gasteiger charge is -2.08. The van der Waals surface area contributed by atoms with Crippen LogP contribution in [0.5, 0.6) is 0 Å². The van der Waals surface area contributed by atoms with Gasteiger partial charge in [0.25, 0.3) is 0 Å². The number of thiazole rings is 1. The van der Waals surface area contributed by atoms with E-state index in [2.05, 4.69) is 22.2 Å². The van der Waals surface area contributed by atoms with E-state index in [4.69, 9.17) is 4.74 Å². The smallest absolute Gasteiger partial charge is 0.247 e. The molecule has 26 heavy (non-hydrogen) atoms. The molecule has 1 aliphatic heterocycles. The average Bonchev–Trinajstić information content (AvgIpc) is 3.04. The molecule has 0 spiro atoms. The van der Waals surface area contributed by atoms with Crippen molar-refractivity contribution in [3.63, 3.8) is 0 Å². The summed E-state index contributed by atoms with van der Waals surface area (Å²) in [6.07, 6.45) is 3.07. The molecule has 0 radical (unpaired) electrons. The highest BCUT2D eigenvalue weighted by Gasteiger charge is 2.15. The molecular formula is C19H21N3O3S. The van der Waals surface area contributed by atoms with E-state index >= 15 is 0 Å². The second kappa shape index (κ2) is 8.73. The lowest BCUT2D eigenvalue weighted by molar-refractivity contribution is -0.120. The number of anilines is 1. The first-order valence-electron chi connectivity index (χ1n) is 8.48. The molecule has 0 saturated heterocycles. The molecule has 0 unspecified atom stereocenters. The van der Waals surface area contributed by atoms with Gasteiger partial charge in [-0.3, -0.25) is 9.59 Å². The van der Waals surface area contributed by atoms with E-state index in [1.807, 2.05) is 12.1 Å². The van der Waals surface area contributed by atoms with E-state index in [1.165, 1.54) is 11.0 Å². The number of benzene rings is 1. The zero-order valence-electron chi connectivity index (χ0n) is 14.4. The van der Waals surface area contributed by atoms with Gasteiger partial charge in [0, 0.05) is 25.1 Å². The number of nitrogens with zero attached hydrogens (tertiary/aromatic N) is 1. The predicted molar refractivity (Wildman–Crippen MR) is 101 cm³/mol. The van der Waals surface area contributed by atoms with Crippen molar-refractivity contribution in [2.75, 3.05) is 18.5 Å². The van der Waals surface area contributed by atoms with Crippen molar-refractivity contribution >= 4 is 28.8 Å². The Kier molecular flexibility index (Phi) is 6.14. The molecule has 136 valence electrons. The van der Waals surface area contributed by atoms with E-state index in [0.29, 0.717) is 18.8 Å². The molecular weight excluding hydrogens is 350 g/mol. The summed E-state index contributed by atoms with van der Waals surface area (Å²) in [6, 6.07) is 7.23. The van der Waals surface area contributed by atoms with Gasteiger partial charge in [0.2, 0.25) is 11.8 Å². The SMILES string of the molecule is C=CC(=O)Nc1cccc(CC(=O)NCCc2nc3c(s2)COCC3)c1. The molecule has 6 nitrogen and oxygen atoms in total. The molecule has 0 bridgehead atoms. The zero-order chi connectivity index (χ0) is 18.4. The molecule has 2 heterocycles. The normalized spacial score (nSPS) is 12.9. The van der Waals surface area contributed by atoms with Gasteiger partial charge in [-0.05, 0) is 23.8 Å². The van der Waals surface area contributed by atoms with Crippen molar-refractivity contribution in [3.05, 3.63) is 58.1 Å². The highest BCUT2D eigenvalue weighted by Crippen LogP contribution is 2.23. The Labute approximate surface area is 156 Å². The van der Waals surface area contributed by atoms with E-state index in [9.17, 15) is 9.59 Å². The maximum Gasteiger partial charge on any atom is 0.247 e. The monoisotopic (exact) mass is 371 g/mol.